The fourth-order valence-electron chi connectivity index (χ4n) is 2.01. The number of aromatic hydroxyl groups is 3. The van der Waals surface area contributed by atoms with Crippen molar-refractivity contribution < 1.29 is 24.5 Å². The lowest BCUT2D eigenvalue weighted by atomic mass is 10.1. The van der Waals surface area contributed by atoms with Crippen LogP contribution in [-0.2, 0) is 0 Å². The number of furan rings is 1. The van der Waals surface area contributed by atoms with Gasteiger partial charge in [-0.2, -0.15) is 0 Å². The summed E-state index contributed by atoms with van der Waals surface area (Å²) in [6.07, 6.45) is 0. The molecule has 0 aliphatic heterocycles. The number of para-hydroxylation sites is 1. The first-order chi connectivity index (χ1) is 9.58. The van der Waals surface area contributed by atoms with Gasteiger partial charge in [0.15, 0.2) is 5.75 Å². The predicted octanol–water partition coefficient (Wildman–Crippen LogP) is 2.78. The van der Waals surface area contributed by atoms with Crippen LogP contribution in [0.25, 0.3) is 11.0 Å². The topological polar surface area (TPSA) is 90.9 Å². The van der Waals surface area contributed by atoms with Gasteiger partial charge in [-0.3, -0.25) is 4.79 Å². The molecule has 0 radical (unpaired) electrons. The van der Waals surface area contributed by atoms with Gasteiger partial charge >= 0.3 is 0 Å². The van der Waals surface area contributed by atoms with E-state index in [9.17, 15) is 20.1 Å². The summed E-state index contributed by atoms with van der Waals surface area (Å²) in [4.78, 5) is 12.3. The molecule has 3 N–H and O–H groups in total. The molecule has 20 heavy (non-hydrogen) atoms. The predicted molar refractivity (Wildman–Crippen MR) is 71.1 cm³/mol. The zero-order valence-corrected chi connectivity index (χ0v) is 10.2. The molecule has 0 bridgehead atoms. The highest BCUT2D eigenvalue weighted by Gasteiger charge is 2.23. The van der Waals surface area contributed by atoms with E-state index in [0.29, 0.717) is 5.39 Å². The van der Waals surface area contributed by atoms with E-state index in [1.807, 2.05) is 0 Å². The van der Waals surface area contributed by atoms with Crippen molar-refractivity contribution in [2.24, 2.45) is 0 Å². The Morgan fingerprint density at radius 3 is 2.50 bits per heavy atom. The third kappa shape index (κ3) is 1.76. The van der Waals surface area contributed by atoms with Crippen molar-refractivity contribution in [3.8, 4) is 17.2 Å². The Hall–Kier alpha value is -2.95. The number of carbonyl (C=O) groups excluding carboxylic acids is 1. The number of carbonyl (C=O) groups is 1. The maximum absolute atomic E-state index is 12.3. The van der Waals surface area contributed by atoms with Crippen molar-refractivity contribution in [2.45, 2.75) is 0 Å². The van der Waals surface area contributed by atoms with E-state index in [-0.39, 0.29) is 34.2 Å². The molecule has 5 nitrogen and oxygen atoms in total. The van der Waals surface area contributed by atoms with E-state index < -0.39 is 5.78 Å². The fourth-order valence-corrected chi connectivity index (χ4v) is 2.01. The van der Waals surface area contributed by atoms with Gasteiger partial charge in [-0.25, -0.2) is 0 Å². The summed E-state index contributed by atoms with van der Waals surface area (Å²) in [5.41, 5.74) is 0.229. The molecule has 5 heteroatoms. The van der Waals surface area contributed by atoms with Crippen molar-refractivity contribution in [1.82, 2.24) is 0 Å². The lowest BCUT2D eigenvalue weighted by Crippen LogP contribution is -2.00. The summed E-state index contributed by atoms with van der Waals surface area (Å²) in [7, 11) is 0. The van der Waals surface area contributed by atoms with E-state index in [0.717, 1.165) is 0 Å². The molecular weight excluding hydrogens is 260 g/mol. The highest BCUT2D eigenvalue weighted by molar-refractivity contribution is 6.13. The summed E-state index contributed by atoms with van der Waals surface area (Å²) >= 11 is 0. The Labute approximate surface area is 113 Å². The van der Waals surface area contributed by atoms with Gasteiger partial charge in [-0.15, -0.1) is 0 Å². The van der Waals surface area contributed by atoms with Crippen LogP contribution in [0.15, 0.2) is 46.9 Å². The first-order valence-electron chi connectivity index (χ1n) is 5.85. The van der Waals surface area contributed by atoms with Crippen LogP contribution < -0.4 is 0 Å². The Morgan fingerprint density at radius 2 is 1.75 bits per heavy atom. The lowest BCUT2D eigenvalue weighted by molar-refractivity contribution is 0.100. The van der Waals surface area contributed by atoms with Crippen LogP contribution in [0, 0.1) is 0 Å². The number of rotatable bonds is 2. The number of benzene rings is 2. The van der Waals surface area contributed by atoms with Crippen molar-refractivity contribution in [3.63, 3.8) is 0 Å². The Kier molecular flexibility index (Phi) is 2.61. The minimum absolute atomic E-state index is 0.0334. The quantitative estimate of drug-likeness (QED) is 0.623. The van der Waals surface area contributed by atoms with Gasteiger partial charge in [0.25, 0.3) is 0 Å². The molecule has 0 atom stereocenters. The summed E-state index contributed by atoms with van der Waals surface area (Å²) in [6.45, 7) is 0. The van der Waals surface area contributed by atoms with Gasteiger partial charge in [0, 0.05) is 6.07 Å². The molecule has 0 fully saturated rings. The molecule has 0 spiro atoms. The molecular formula is C15H10O5. The number of phenols is 2. The summed E-state index contributed by atoms with van der Waals surface area (Å²) in [5, 5.41) is 29.4. The van der Waals surface area contributed by atoms with Crippen molar-refractivity contribution >= 4 is 16.8 Å². The van der Waals surface area contributed by atoms with E-state index in [4.69, 9.17) is 4.42 Å². The van der Waals surface area contributed by atoms with Gasteiger partial charge in [0.05, 0.1) is 10.9 Å². The van der Waals surface area contributed by atoms with Crippen molar-refractivity contribution in [2.75, 3.05) is 0 Å². The average Bonchev–Trinajstić information content (AvgIpc) is 2.75. The molecule has 1 aromatic heterocycles. The smallest absolute Gasteiger partial charge is 0.235 e. The van der Waals surface area contributed by atoms with Crippen LogP contribution in [-0.4, -0.2) is 21.1 Å². The number of hydrogen-bond acceptors (Lipinski definition) is 5. The number of ketones is 1. The Morgan fingerprint density at radius 1 is 1.00 bits per heavy atom. The average molecular weight is 270 g/mol. The second-order valence-electron chi connectivity index (χ2n) is 4.31. The van der Waals surface area contributed by atoms with Crippen LogP contribution in [0.5, 0.6) is 17.2 Å². The van der Waals surface area contributed by atoms with Crippen LogP contribution in [0.4, 0.5) is 0 Å². The maximum atomic E-state index is 12.3. The van der Waals surface area contributed by atoms with Crippen LogP contribution in [0.3, 0.4) is 0 Å². The molecule has 0 amide bonds. The number of fused-ring (bicyclic) bond motifs is 1. The van der Waals surface area contributed by atoms with E-state index in [1.165, 1.54) is 30.3 Å². The van der Waals surface area contributed by atoms with Gasteiger partial charge in [0.2, 0.25) is 11.5 Å². The normalized spacial score (nSPS) is 10.8. The Bertz CT molecular complexity index is 816. The third-order valence-corrected chi connectivity index (χ3v) is 3.00. The molecule has 3 rings (SSSR count). The van der Waals surface area contributed by atoms with Crippen LogP contribution >= 0.6 is 0 Å². The first-order valence-corrected chi connectivity index (χ1v) is 5.85. The van der Waals surface area contributed by atoms with Crippen LogP contribution in [0.1, 0.15) is 16.1 Å². The van der Waals surface area contributed by atoms with E-state index in [1.54, 1.807) is 12.1 Å². The van der Waals surface area contributed by atoms with Gasteiger partial charge in [-0.05, 0) is 24.3 Å². The number of hydrogen-bond donors (Lipinski definition) is 3. The fraction of sp³-hybridized carbons (Fsp3) is 0. The van der Waals surface area contributed by atoms with Gasteiger partial charge < -0.3 is 19.7 Å². The standard InChI is InChI=1S/C15H10O5/c16-8-5-6-10-12(7-8)20-15(14(10)19)13(18)9-3-1-2-4-11(9)17/h1-7,16-17,19H. The highest BCUT2D eigenvalue weighted by Crippen LogP contribution is 2.36. The molecule has 1 heterocycles. The largest absolute Gasteiger partial charge is 0.508 e. The molecule has 0 aliphatic carbocycles. The first kappa shape index (κ1) is 12.1. The lowest BCUT2D eigenvalue weighted by Gasteiger charge is -2.00. The molecule has 0 saturated carbocycles. The maximum Gasteiger partial charge on any atom is 0.235 e. The molecule has 100 valence electrons. The second kappa shape index (κ2) is 4.31. The monoisotopic (exact) mass is 270 g/mol. The third-order valence-electron chi connectivity index (χ3n) is 3.00. The SMILES string of the molecule is O=C(c1ccccc1O)c1oc2cc(O)ccc2c1O. The summed E-state index contributed by atoms with van der Waals surface area (Å²) in [6, 6.07) is 10.1. The van der Waals surface area contributed by atoms with Crippen molar-refractivity contribution in [3.05, 3.63) is 53.8 Å². The Balaban J connectivity index is 2.18. The molecule has 3 aromatic rings. The van der Waals surface area contributed by atoms with Gasteiger partial charge in [-0.1, -0.05) is 12.1 Å². The molecule has 0 aliphatic rings. The van der Waals surface area contributed by atoms with Crippen LogP contribution in [0.2, 0.25) is 0 Å². The van der Waals surface area contributed by atoms with E-state index >= 15 is 0 Å². The summed E-state index contributed by atoms with van der Waals surface area (Å²) < 4.78 is 5.28. The summed E-state index contributed by atoms with van der Waals surface area (Å²) in [5.74, 6) is -1.44. The zero-order chi connectivity index (χ0) is 14.3. The molecule has 0 saturated heterocycles. The molecule has 0 unspecified atom stereocenters. The number of phenolic OH excluding ortho intramolecular Hbond substituents is 2. The van der Waals surface area contributed by atoms with Crippen molar-refractivity contribution in [1.29, 1.82) is 0 Å². The highest BCUT2D eigenvalue weighted by atomic mass is 16.4. The zero-order valence-electron chi connectivity index (χ0n) is 10.2. The second-order valence-corrected chi connectivity index (χ2v) is 4.31. The van der Waals surface area contributed by atoms with Gasteiger partial charge in [0.1, 0.15) is 17.1 Å². The van der Waals surface area contributed by atoms with E-state index in [2.05, 4.69) is 0 Å². The molecule has 2 aromatic carbocycles. The minimum Gasteiger partial charge on any atom is -0.508 e. The minimum atomic E-state index is -0.628.